The van der Waals surface area contributed by atoms with Gasteiger partial charge in [-0.3, -0.25) is 0 Å². The Kier molecular flexibility index (Phi) is 4.10. The first kappa shape index (κ1) is 12.8. The second-order valence-electron chi connectivity index (χ2n) is 4.59. The highest BCUT2D eigenvalue weighted by molar-refractivity contribution is 5.31. The molecule has 0 aliphatic heterocycles. The van der Waals surface area contributed by atoms with E-state index in [1.165, 1.54) is 16.7 Å². The largest absolute Gasteiger partial charge is 0.425 e. The quantitative estimate of drug-likeness (QED) is 0.876. The Labute approximate surface area is 107 Å². The molecule has 0 saturated carbocycles. The lowest BCUT2D eigenvalue weighted by atomic mass is 10.0. The highest BCUT2D eigenvalue weighted by Crippen LogP contribution is 2.15. The number of aromatic nitrogens is 2. The molecule has 4 heteroatoms. The number of rotatable bonds is 5. The minimum atomic E-state index is 0.648. The van der Waals surface area contributed by atoms with Crippen LogP contribution in [0.4, 0.5) is 0 Å². The summed E-state index contributed by atoms with van der Waals surface area (Å²) in [5, 5.41) is 8.10. The molecule has 0 radical (unpaired) electrons. The number of hydrogen-bond donors (Lipinski definition) is 1. The molecule has 2 aromatic rings. The summed E-state index contributed by atoms with van der Waals surface area (Å²) in [6.45, 7) is 4.84. The van der Waals surface area contributed by atoms with Gasteiger partial charge in [0.25, 0.3) is 0 Å². The summed E-state index contributed by atoms with van der Waals surface area (Å²) in [5.74, 6) is 1.36. The molecular formula is C14H19N3O. The van der Waals surface area contributed by atoms with E-state index in [1.807, 2.05) is 0 Å². The van der Waals surface area contributed by atoms with E-state index < -0.39 is 0 Å². The molecule has 1 aromatic heterocycles. The van der Waals surface area contributed by atoms with Crippen LogP contribution >= 0.6 is 0 Å². The summed E-state index contributed by atoms with van der Waals surface area (Å²) in [4.78, 5) is 0. The second-order valence-corrected chi connectivity index (χ2v) is 4.59. The third-order valence-corrected chi connectivity index (χ3v) is 2.94. The van der Waals surface area contributed by atoms with Crippen molar-refractivity contribution in [3.8, 4) is 0 Å². The maximum atomic E-state index is 5.60. The van der Waals surface area contributed by atoms with Crippen molar-refractivity contribution in [2.45, 2.75) is 33.1 Å². The predicted octanol–water partition coefficient (Wildman–Crippen LogP) is 2.17. The number of benzene rings is 1. The van der Waals surface area contributed by atoms with Crippen molar-refractivity contribution >= 4 is 0 Å². The van der Waals surface area contributed by atoms with Crippen LogP contribution in [-0.4, -0.2) is 16.7 Å². The minimum absolute atomic E-state index is 0.648. The van der Waals surface area contributed by atoms with Crippen LogP contribution in [0.15, 0.2) is 22.6 Å². The first-order valence-electron chi connectivity index (χ1n) is 6.26. The Morgan fingerprint density at radius 2 is 1.94 bits per heavy atom. The van der Waals surface area contributed by atoms with E-state index in [2.05, 4.69) is 42.2 Å². The molecule has 0 fully saturated rings. The first-order chi connectivity index (χ1) is 8.69. The summed E-state index contributed by atoms with van der Waals surface area (Å²) in [6, 6.07) is 6.39. The van der Waals surface area contributed by atoms with Gasteiger partial charge >= 0.3 is 0 Å². The molecule has 1 heterocycles. The summed E-state index contributed by atoms with van der Waals surface area (Å²) in [5.41, 5.74) is 9.21. The lowest BCUT2D eigenvalue weighted by Gasteiger charge is -2.03. The number of aryl methyl sites for hydroxylation is 3. The molecule has 18 heavy (non-hydrogen) atoms. The molecule has 2 rings (SSSR count). The van der Waals surface area contributed by atoms with E-state index in [9.17, 15) is 0 Å². The Balaban J connectivity index is 2.06. The molecular weight excluding hydrogens is 226 g/mol. The smallest absolute Gasteiger partial charge is 0.220 e. The number of nitrogens with zero attached hydrogens (tertiary/aromatic N) is 2. The molecule has 0 unspecified atom stereocenters. The molecule has 96 valence electrons. The van der Waals surface area contributed by atoms with Crippen LogP contribution in [0.5, 0.6) is 0 Å². The van der Waals surface area contributed by atoms with Crippen molar-refractivity contribution in [1.82, 2.24) is 10.2 Å². The fourth-order valence-electron chi connectivity index (χ4n) is 1.92. The monoisotopic (exact) mass is 245 g/mol. The highest BCUT2D eigenvalue weighted by Gasteiger charge is 2.08. The van der Waals surface area contributed by atoms with Crippen LogP contribution in [-0.2, 0) is 12.8 Å². The van der Waals surface area contributed by atoms with Crippen molar-refractivity contribution in [2.75, 3.05) is 6.54 Å². The van der Waals surface area contributed by atoms with Gasteiger partial charge in [-0.15, -0.1) is 10.2 Å². The van der Waals surface area contributed by atoms with Crippen LogP contribution in [0.2, 0.25) is 0 Å². The molecule has 1 aromatic carbocycles. The van der Waals surface area contributed by atoms with Crippen LogP contribution in [0.1, 0.15) is 34.9 Å². The zero-order chi connectivity index (χ0) is 13.0. The van der Waals surface area contributed by atoms with Gasteiger partial charge in [0, 0.05) is 6.42 Å². The van der Waals surface area contributed by atoms with Crippen LogP contribution in [0.25, 0.3) is 0 Å². The average Bonchev–Trinajstić information content (AvgIpc) is 2.78. The standard InChI is InChI=1S/C14H19N3O/c1-10-5-6-12(11(2)8-10)9-14-17-16-13(18-14)4-3-7-15/h5-6,8H,3-4,7,9,15H2,1-2H3. The average molecular weight is 245 g/mol. The maximum Gasteiger partial charge on any atom is 0.220 e. The Morgan fingerprint density at radius 3 is 2.67 bits per heavy atom. The van der Waals surface area contributed by atoms with Gasteiger partial charge in [-0.25, -0.2) is 0 Å². The lowest BCUT2D eigenvalue weighted by Crippen LogP contribution is -2.00. The number of hydrogen-bond acceptors (Lipinski definition) is 4. The van der Waals surface area contributed by atoms with Gasteiger partial charge in [-0.2, -0.15) is 0 Å². The summed E-state index contributed by atoms with van der Waals surface area (Å²) < 4.78 is 5.60. The van der Waals surface area contributed by atoms with Crippen LogP contribution in [0.3, 0.4) is 0 Å². The van der Waals surface area contributed by atoms with E-state index in [4.69, 9.17) is 10.2 Å². The molecule has 0 aliphatic carbocycles. The van der Waals surface area contributed by atoms with Crippen LogP contribution in [0, 0.1) is 13.8 Å². The van der Waals surface area contributed by atoms with Gasteiger partial charge in [0.15, 0.2) is 0 Å². The van der Waals surface area contributed by atoms with E-state index >= 15 is 0 Å². The predicted molar refractivity (Wildman–Crippen MR) is 70.4 cm³/mol. The normalized spacial score (nSPS) is 10.8. The van der Waals surface area contributed by atoms with Gasteiger partial charge in [-0.05, 0) is 37.9 Å². The van der Waals surface area contributed by atoms with Crippen molar-refractivity contribution in [3.05, 3.63) is 46.7 Å². The van der Waals surface area contributed by atoms with Gasteiger partial charge in [0.1, 0.15) is 0 Å². The Morgan fingerprint density at radius 1 is 1.17 bits per heavy atom. The second kappa shape index (κ2) is 5.78. The van der Waals surface area contributed by atoms with Crippen molar-refractivity contribution in [3.63, 3.8) is 0 Å². The Hall–Kier alpha value is -1.68. The SMILES string of the molecule is Cc1ccc(Cc2nnc(CCCN)o2)c(C)c1. The number of nitrogens with two attached hydrogens (primary N) is 1. The summed E-state index contributed by atoms with van der Waals surface area (Å²) >= 11 is 0. The van der Waals surface area contributed by atoms with E-state index in [1.54, 1.807) is 0 Å². The topological polar surface area (TPSA) is 64.9 Å². The lowest BCUT2D eigenvalue weighted by molar-refractivity contribution is 0.453. The maximum absolute atomic E-state index is 5.60. The third kappa shape index (κ3) is 3.17. The zero-order valence-electron chi connectivity index (χ0n) is 10.9. The van der Waals surface area contributed by atoms with Gasteiger partial charge in [0.2, 0.25) is 11.8 Å². The molecule has 0 aliphatic rings. The zero-order valence-corrected chi connectivity index (χ0v) is 10.9. The summed E-state index contributed by atoms with van der Waals surface area (Å²) in [6.07, 6.45) is 2.34. The first-order valence-corrected chi connectivity index (χ1v) is 6.26. The van der Waals surface area contributed by atoms with Gasteiger partial charge < -0.3 is 10.2 Å². The molecule has 4 nitrogen and oxygen atoms in total. The molecule has 0 atom stereocenters. The van der Waals surface area contributed by atoms with E-state index in [0.717, 1.165) is 12.8 Å². The molecule has 0 saturated heterocycles. The fourth-order valence-corrected chi connectivity index (χ4v) is 1.92. The molecule has 0 spiro atoms. The summed E-state index contributed by atoms with van der Waals surface area (Å²) in [7, 11) is 0. The fraction of sp³-hybridized carbons (Fsp3) is 0.429. The molecule has 2 N–H and O–H groups in total. The van der Waals surface area contributed by atoms with Gasteiger partial charge in [-0.1, -0.05) is 23.8 Å². The van der Waals surface area contributed by atoms with Crippen molar-refractivity contribution < 1.29 is 4.42 Å². The van der Waals surface area contributed by atoms with Crippen LogP contribution < -0.4 is 5.73 Å². The van der Waals surface area contributed by atoms with E-state index in [-0.39, 0.29) is 0 Å². The third-order valence-electron chi connectivity index (χ3n) is 2.94. The minimum Gasteiger partial charge on any atom is -0.425 e. The Bertz CT molecular complexity index is 520. The van der Waals surface area contributed by atoms with Crippen molar-refractivity contribution in [2.24, 2.45) is 5.73 Å². The van der Waals surface area contributed by atoms with Crippen molar-refractivity contribution in [1.29, 1.82) is 0 Å². The highest BCUT2D eigenvalue weighted by atomic mass is 16.4. The van der Waals surface area contributed by atoms with Gasteiger partial charge in [0.05, 0.1) is 6.42 Å². The molecule has 0 bridgehead atoms. The van der Waals surface area contributed by atoms with E-state index in [0.29, 0.717) is 24.7 Å². The molecule has 0 amide bonds.